The number of anilines is 6. The normalized spacial score (nSPS) is 11.3. The first-order chi connectivity index (χ1) is 45.5. The first-order valence-electron chi connectivity index (χ1n) is 31.1. The first kappa shape index (κ1) is 59.0. The molecule has 0 unspecified atom stereocenters. The van der Waals surface area contributed by atoms with Gasteiger partial charge in [0.05, 0.1) is 14.2 Å². The molecular formula is C88H68N2O2. The summed E-state index contributed by atoms with van der Waals surface area (Å²) in [5, 5.41) is 0. The van der Waals surface area contributed by atoms with Crippen molar-refractivity contribution >= 4 is 80.7 Å². The summed E-state index contributed by atoms with van der Waals surface area (Å²) in [7, 11) is 3.41. The van der Waals surface area contributed by atoms with Gasteiger partial charge in [-0.15, -0.1) is 0 Å². The summed E-state index contributed by atoms with van der Waals surface area (Å²) in [4.78, 5) is 4.59. The van der Waals surface area contributed by atoms with Crippen LogP contribution in [0.4, 0.5) is 34.1 Å². The summed E-state index contributed by atoms with van der Waals surface area (Å²) in [6.45, 7) is 0. The molecule has 0 aliphatic carbocycles. The Kier molecular flexibility index (Phi) is 18.2. The largest absolute Gasteiger partial charge is 0.497 e. The number of nitrogens with zero attached hydrogens (tertiary/aromatic N) is 2. The molecule has 0 radical (unpaired) electrons. The maximum atomic E-state index is 5.60. The van der Waals surface area contributed by atoms with Crippen LogP contribution in [0.15, 0.2) is 352 Å². The number of hydrogen-bond donors (Lipinski definition) is 0. The van der Waals surface area contributed by atoms with Gasteiger partial charge in [-0.05, 0) is 210 Å². The van der Waals surface area contributed by atoms with Gasteiger partial charge in [-0.2, -0.15) is 0 Å². The minimum Gasteiger partial charge on any atom is -0.497 e. The number of methoxy groups -OCH3 is 2. The summed E-state index contributed by atoms with van der Waals surface area (Å²) in [6.07, 6.45) is 9.15. The van der Waals surface area contributed by atoms with E-state index in [-0.39, 0.29) is 0 Å². The van der Waals surface area contributed by atoms with Gasteiger partial charge in [0.2, 0.25) is 0 Å². The minimum absolute atomic E-state index is 0.807. The van der Waals surface area contributed by atoms with Gasteiger partial charge in [0.15, 0.2) is 0 Å². The van der Waals surface area contributed by atoms with Crippen molar-refractivity contribution in [3.63, 3.8) is 0 Å². The lowest BCUT2D eigenvalue weighted by Gasteiger charge is -2.26. The summed E-state index contributed by atoms with van der Waals surface area (Å²) in [5.74, 6) is 1.61. The van der Waals surface area contributed by atoms with E-state index >= 15 is 0 Å². The van der Waals surface area contributed by atoms with Gasteiger partial charge in [-0.1, -0.05) is 255 Å². The third-order valence-electron chi connectivity index (χ3n) is 16.5. The van der Waals surface area contributed by atoms with Crippen molar-refractivity contribution in [3.8, 4) is 11.5 Å². The van der Waals surface area contributed by atoms with Crippen LogP contribution in [0.2, 0.25) is 0 Å². The summed E-state index contributed by atoms with van der Waals surface area (Å²) < 4.78 is 11.2. The van der Waals surface area contributed by atoms with Crippen LogP contribution in [0, 0.1) is 0 Å². The van der Waals surface area contributed by atoms with E-state index in [9.17, 15) is 0 Å². The lowest BCUT2D eigenvalue weighted by atomic mass is 9.91. The zero-order valence-electron chi connectivity index (χ0n) is 51.5. The van der Waals surface area contributed by atoms with E-state index < -0.39 is 0 Å². The predicted octanol–water partition coefficient (Wildman–Crippen LogP) is 23.0. The molecule has 442 valence electrons. The molecule has 4 nitrogen and oxygen atoms in total. The van der Waals surface area contributed by atoms with E-state index in [0.717, 1.165) is 101 Å². The fourth-order valence-corrected chi connectivity index (χ4v) is 11.8. The Bertz CT molecular complexity index is 4240. The van der Waals surface area contributed by atoms with Gasteiger partial charge in [-0.25, -0.2) is 0 Å². The predicted molar refractivity (Wildman–Crippen MR) is 388 cm³/mol. The van der Waals surface area contributed by atoms with E-state index in [0.29, 0.717) is 0 Å². The average Bonchev–Trinajstić information content (AvgIpc) is 1.47. The fourth-order valence-electron chi connectivity index (χ4n) is 11.8. The SMILES string of the molecule is COc1ccc(N(c2ccc(C=C(c3ccccc3)c3ccccc3)cc2)c2ccc(C=C(c3ccccc3)c3ccc(C(=Cc4ccc(N(c5ccc(C=C(c6ccccc6)c6ccccc6)cc5)c5ccc(OC)cc5)cc4)c4ccccc4)cc3)cc2)cc1. The van der Waals surface area contributed by atoms with Gasteiger partial charge in [-0.3, -0.25) is 0 Å². The van der Waals surface area contributed by atoms with Crippen LogP contribution in [0.1, 0.15) is 66.8 Å². The Morgan fingerprint density at radius 2 is 0.359 bits per heavy atom. The van der Waals surface area contributed by atoms with Crippen molar-refractivity contribution < 1.29 is 9.47 Å². The molecular weight excluding hydrogens is 1120 g/mol. The lowest BCUT2D eigenvalue weighted by molar-refractivity contribution is 0.414. The van der Waals surface area contributed by atoms with Gasteiger partial charge in [0.25, 0.3) is 0 Å². The van der Waals surface area contributed by atoms with E-state index in [1.54, 1.807) is 14.2 Å². The van der Waals surface area contributed by atoms with Gasteiger partial charge in [0, 0.05) is 34.1 Å². The zero-order valence-corrected chi connectivity index (χ0v) is 51.5. The highest BCUT2D eigenvalue weighted by Gasteiger charge is 2.17. The molecule has 13 aromatic carbocycles. The Hall–Kier alpha value is -12.0. The number of benzene rings is 13. The fraction of sp³-hybridized carbons (Fsp3) is 0.0227. The Balaban J connectivity index is 0.797. The van der Waals surface area contributed by atoms with Crippen molar-refractivity contribution in [1.82, 2.24) is 0 Å². The topological polar surface area (TPSA) is 24.9 Å². The van der Waals surface area contributed by atoms with Crippen LogP contribution in [0.3, 0.4) is 0 Å². The maximum absolute atomic E-state index is 5.60. The zero-order chi connectivity index (χ0) is 62.3. The molecule has 0 saturated carbocycles. The van der Waals surface area contributed by atoms with Crippen LogP contribution < -0.4 is 19.3 Å². The third-order valence-corrected chi connectivity index (χ3v) is 16.5. The van der Waals surface area contributed by atoms with Crippen molar-refractivity contribution in [1.29, 1.82) is 0 Å². The highest BCUT2D eigenvalue weighted by Crippen LogP contribution is 2.40. The molecule has 0 saturated heterocycles. The summed E-state index contributed by atoms with van der Waals surface area (Å²) in [5.41, 5.74) is 24.4. The Morgan fingerprint density at radius 3 is 0.533 bits per heavy atom. The molecule has 0 bridgehead atoms. The molecule has 0 spiro atoms. The van der Waals surface area contributed by atoms with E-state index in [2.05, 4.69) is 362 Å². The molecule has 4 heteroatoms. The maximum Gasteiger partial charge on any atom is 0.119 e. The molecule has 13 rings (SSSR count). The summed E-state index contributed by atoms with van der Waals surface area (Å²) >= 11 is 0. The van der Waals surface area contributed by atoms with E-state index in [1.165, 1.54) is 33.4 Å². The Labute approximate surface area is 541 Å². The van der Waals surface area contributed by atoms with Crippen molar-refractivity contribution in [2.24, 2.45) is 0 Å². The molecule has 0 amide bonds. The molecule has 13 aromatic rings. The molecule has 92 heavy (non-hydrogen) atoms. The Morgan fingerprint density at radius 1 is 0.196 bits per heavy atom. The molecule has 0 N–H and O–H groups in total. The quantitative estimate of drug-likeness (QED) is 0.0710. The number of rotatable bonds is 20. The van der Waals surface area contributed by atoms with Crippen LogP contribution in [0.5, 0.6) is 11.5 Å². The highest BCUT2D eigenvalue weighted by molar-refractivity contribution is 5.96. The van der Waals surface area contributed by atoms with Gasteiger partial charge in [0.1, 0.15) is 11.5 Å². The van der Waals surface area contributed by atoms with Crippen molar-refractivity contribution in [3.05, 3.63) is 419 Å². The monoisotopic (exact) mass is 1180 g/mol. The standard InChI is InChI=1S/C88H68N2O2/c1-91-83-57-53-81(54-58-83)89(77-45-33-65(34-46-77)61-85(69-21-9-3-10-22-69)70-23-11-4-12-24-70)79-49-37-67(38-50-79)63-87(73-29-17-7-18-30-73)75-41-43-76(44-42-75)88(74-31-19-8-20-32-74)64-68-39-51-80(52-40-68)90(82-55-59-84(92-2)60-56-82)78-47-35-66(36-48-78)62-86(71-25-13-5-14-26-71)72-27-15-6-16-28-72/h3-64H,1-2H3. The van der Waals surface area contributed by atoms with Crippen LogP contribution in [-0.4, -0.2) is 14.2 Å². The molecule has 0 fully saturated rings. The molecule has 0 aromatic heterocycles. The van der Waals surface area contributed by atoms with Crippen LogP contribution >= 0.6 is 0 Å². The van der Waals surface area contributed by atoms with E-state index in [1.807, 2.05) is 24.3 Å². The number of ether oxygens (including phenoxy) is 2. The molecule has 0 aliphatic rings. The first-order valence-corrected chi connectivity index (χ1v) is 31.1. The molecule has 0 aliphatic heterocycles. The summed E-state index contributed by atoms with van der Waals surface area (Å²) in [6, 6.07) is 125. The second-order valence-electron chi connectivity index (χ2n) is 22.4. The second kappa shape index (κ2) is 28.5. The van der Waals surface area contributed by atoms with E-state index in [4.69, 9.17) is 9.47 Å². The smallest absolute Gasteiger partial charge is 0.119 e. The van der Waals surface area contributed by atoms with Crippen molar-refractivity contribution in [2.45, 2.75) is 0 Å². The highest BCUT2D eigenvalue weighted by atomic mass is 16.5. The average molecular weight is 1190 g/mol. The minimum atomic E-state index is 0.807. The van der Waals surface area contributed by atoms with Crippen LogP contribution in [-0.2, 0) is 0 Å². The molecule has 0 heterocycles. The molecule has 0 atom stereocenters. The van der Waals surface area contributed by atoms with Crippen molar-refractivity contribution in [2.75, 3.05) is 24.0 Å². The van der Waals surface area contributed by atoms with Crippen LogP contribution in [0.25, 0.3) is 46.6 Å². The van der Waals surface area contributed by atoms with Gasteiger partial charge < -0.3 is 19.3 Å². The third kappa shape index (κ3) is 14.0. The van der Waals surface area contributed by atoms with Gasteiger partial charge >= 0.3 is 0 Å². The number of hydrogen-bond acceptors (Lipinski definition) is 4. The lowest BCUT2D eigenvalue weighted by Crippen LogP contribution is -2.09. The second-order valence-corrected chi connectivity index (χ2v) is 22.4.